The van der Waals surface area contributed by atoms with E-state index in [0.717, 1.165) is 77.7 Å². The van der Waals surface area contributed by atoms with Gasteiger partial charge in [-0.1, -0.05) is 74.1 Å². The highest BCUT2D eigenvalue weighted by atomic mass is 35.5. The molecule has 0 fully saturated rings. The van der Waals surface area contributed by atoms with Crippen molar-refractivity contribution < 1.29 is 17.6 Å². The average molecular weight is 713 g/mol. The first-order chi connectivity index (χ1) is 23.1. The molecule has 0 radical (unpaired) electrons. The predicted octanol–water partition coefficient (Wildman–Crippen LogP) is 7.80. The molecule has 3 aromatic carbocycles. The summed E-state index contributed by atoms with van der Waals surface area (Å²) in [5.41, 5.74) is 4.27. The fourth-order valence-electron chi connectivity index (χ4n) is 6.00. The van der Waals surface area contributed by atoms with Crippen LogP contribution >= 0.6 is 24.2 Å². The van der Waals surface area contributed by atoms with Crippen LogP contribution in [-0.4, -0.2) is 42.3 Å². The van der Waals surface area contributed by atoms with E-state index in [2.05, 4.69) is 43.1 Å². The van der Waals surface area contributed by atoms with Gasteiger partial charge in [-0.15, -0.1) is 22.6 Å². The normalized spacial score (nSPS) is 12.7. The van der Waals surface area contributed by atoms with Crippen LogP contribution in [0.15, 0.2) is 82.7 Å². The Bertz CT molecular complexity index is 1920. The number of thioether (sulfide) groups is 1. The Morgan fingerprint density at radius 1 is 0.796 bits per heavy atom. The highest BCUT2D eigenvalue weighted by molar-refractivity contribution is 7.98. The lowest BCUT2D eigenvalue weighted by molar-refractivity contribution is -0.137. The SMILES string of the molecule is CCN(CC)Cc1nnc(Cn2c(SCc3ccc(F)cc3)nc(=O)c3c2CCC3)n1Cc1ccc(-c2ccc(C(F)(F)F)cc2)cc1.Cl. The lowest BCUT2D eigenvalue weighted by Gasteiger charge is -2.20. The van der Waals surface area contributed by atoms with Crippen molar-refractivity contribution in [1.82, 2.24) is 29.2 Å². The molecule has 5 aromatic rings. The monoisotopic (exact) mass is 712 g/mol. The van der Waals surface area contributed by atoms with Gasteiger partial charge in [0.15, 0.2) is 11.0 Å². The second kappa shape index (κ2) is 15.7. The summed E-state index contributed by atoms with van der Waals surface area (Å²) in [5.74, 6) is 1.76. The van der Waals surface area contributed by atoms with E-state index in [1.54, 1.807) is 12.1 Å². The van der Waals surface area contributed by atoms with Gasteiger partial charge in [-0.3, -0.25) is 9.69 Å². The number of nitrogens with zero attached hydrogens (tertiary/aromatic N) is 6. The number of hydrogen-bond acceptors (Lipinski definition) is 6. The smallest absolute Gasteiger partial charge is 0.316 e. The Balaban J connectivity index is 0.00000468. The molecule has 0 saturated carbocycles. The van der Waals surface area contributed by atoms with Gasteiger partial charge in [0, 0.05) is 17.0 Å². The van der Waals surface area contributed by atoms with Crippen molar-refractivity contribution in [2.24, 2.45) is 0 Å². The molecule has 49 heavy (non-hydrogen) atoms. The summed E-state index contributed by atoms with van der Waals surface area (Å²) >= 11 is 1.44. The molecule has 1 aliphatic rings. The van der Waals surface area contributed by atoms with Crippen LogP contribution in [0.2, 0.25) is 0 Å². The molecule has 6 rings (SSSR count). The number of alkyl halides is 3. The van der Waals surface area contributed by atoms with Gasteiger partial charge in [0.2, 0.25) is 0 Å². The van der Waals surface area contributed by atoms with E-state index >= 15 is 0 Å². The minimum Gasteiger partial charge on any atom is -0.316 e. The van der Waals surface area contributed by atoms with Crippen LogP contribution in [0.3, 0.4) is 0 Å². The maximum atomic E-state index is 13.5. The highest BCUT2D eigenvalue weighted by Crippen LogP contribution is 2.31. The van der Waals surface area contributed by atoms with Gasteiger partial charge in [-0.2, -0.15) is 18.2 Å². The molecule has 7 nitrogen and oxygen atoms in total. The number of benzene rings is 3. The first-order valence-electron chi connectivity index (χ1n) is 16.0. The van der Waals surface area contributed by atoms with E-state index in [1.165, 1.54) is 36.0 Å². The second-order valence-corrected chi connectivity index (χ2v) is 12.8. The standard InChI is InChI=1S/C36H36F4N6OS.ClH/c1-3-44(4-2)21-32-42-43-33(46(32)20-24-8-12-26(13-9-24)27-14-16-28(17-15-27)36(38,39)40)22-45-31-7-5-6-30(31)34(47)41-35(45)48-23-25-10-18-29(37)19-11-25;/h8-19H,3-7,20-23H2,1-2H3;1H. The maximum absolute atomic E-state index is 13.5. The van der Waals surface area contributed by atoms with E-state index in [4.69, 9.17) is 0 Å². The van der Waals surface area contributed by atoms with Gasteiger partial charge in [-0.05, 0) is 78.9 Å². The zero-order chi connectivity index (χ0) is 33.8. The second-order valence-electron chi connectivity index (χ2n) is 11.8. The van der Waals surface area contributed by atoms with Gasteiger partial charge in [0.1, 0.15) is 11.6 Å². The Morgan fingerprint density at radius 3 is 2.04 bits per heavy atom. The lowest BCUT2D eigenvalue weighted by atomic mass is 10.0. The van der Waals surface area contributed by atoms with Gasteiger partial charge < -0.3 is 9.13 Å². The molecule has 2 aromatic heterocycles. The molecule has 0 saturated heterocycles. The summed E-state index contributed by atoms with van der Waals surface area (Å²) in [6, 6.07) is 19.3. The Labute approximate surface area is 292 Å². The van der Waals surface area contributed by atoms with Gasteiger partial charge >= 0.3 is 6.18 Å². The molecule has 0 amide bonds. The van der Waals surface area contributed by atoms with Crippen molar-refractivity contribution in [3.05, 3.63) is 129 Å². The molecule has 0 spiro atoms. The molecular formula is C36H37ClF4N6OS. The number of hydrogen-bond donors (Lipinski definition) is 0. The molecule has 0 aliphatic heterocycles. The van der Waals surface area contributed by atoms with Crippen LogP contribution in [0.25, 0.3) is 11.1 Å². The zero-order valence-corrected chi connectivity index (χ0v) is 28.8. The Morgan fingerprint density at radius 2 is 1.41 bits per heavy atom. The minimum atomic E-state index is -4.38. The van der Waals surface area contributed by atoms with Gasteiger partial charge in [0.05, 0.1) is 25.2 Å². The number of fused-ring (bicyclic) bond motifs is 1. The van der Waals surface area contributed by atoms with Crippen molar-refractivity contribution in [2.75, 3.05) is 13.1 Å². The fourth-order valence-corrected chi connectivity index (χ4v) is 6.97. The quantitative estimate of drug-likeness (QED) is 0.0748. The van der Waals surface area contributed by atoms with Crippen LogP contribution in [0.1, 0.15) is 59.9 Å². The number of halogens is 5. The first-order valence-corrected chi connectivity index (χ1v) is 17.0. The zero-order valence-electron chi connectivity index (χ0n) is 27.2. The molecule has 1 aliphatic carbocycles. The molecule has 258 valence electrons. The van der Waals surface area contributed by atoms with Crippen LogP contribution in [0, 0.1) is 5.82 Å². The Hall–Kier alpha value is -4.00. The third-order valence-electron chi connectivity index (χ3n) is 8.79. The molecular weight excluding hydrogens is 676 g/mol. The molecule has 13 heteroatoms. The van der Waals surface area contributed by atoms with E-state index in [9.17, 15) is 22.4 Å². The highest BCUT2D eigenvalue weighted by Gasteiger charge is 2.30. The maximum Gasteiger partial charge on any atom is 0.416 e. The fraction of sp³-hybridized carbons (Fsp3) is 0.333. The summed E-state index contributed by atoms with van der Waals surface area (Å²) in [4.78, 5) is 19.8. The van der Waals surface area contributed by atoms with E-state index in [1.807, 2.05) is 24.3 Å². The first kappa shape index (κ1) is 36.3. The topological polar surface area (TPSA) is 68.8 Å². The van der Waals surface area contributed by atoms with Crippen molar-refractivity contribution >= 4 is 24.2 Å². The summed E-state index contributed by atoms with van der Waals surface area (Å²) in [6.45, 7) is 7.37. The van der Waals surface area contributed by atoms with Crippen molar-refractivity contribution in [3.8, 4) is 11.1 Å². The molecule has 0 atom stereocenters. The van der Waals surface area contributed by atoms with E-state index < -0.39 is 11.7 Å². The third-order valence-corrected chi connectivity index (χ3v) is 9.83. The molecule has 2 heterocycles. The summed E-state index contributed by atoms with van der Waals surface area (Å²) < 4.78 is 56.9. The van der Waals surface area contributed by atoms with E-state index in [0.29, 0.717) is 42.5 Å². The molecule has 0 bridgehead atoms. The van der Waals surface area contributed by atoms with Crippen molar-refractivity contribution in [3.63, 3.8) is 0 Å². The number of rotatable bonds is 12. The molecule has 0 N–H and O–H groups in total. The third kappa shape index (κ3) is 8.42. The van der Waals surface area contributed by atoms with Gasteiger partial charge in [0.25, 0.3) is 5.56 Å². The van der Waals surface area contributed by atoms with Crippen LogP contribution < -0.4 is 5.56 Å². The summed E-state index contributed by atoms with van der Waals surface area (Å²) in [5, 5.41) is 9.87. The van der Waals surface area contributed by atoms with Crippen LogP contribution in [0.5, 0.6) is 0 Å². The summed E-state index contributed by atoms with van der Waals surface area (Å²) in [7, 11) is 0. The molecule has 0 unspecified atom stereocenters. The van der Waals surface area contributed by atoms with Crippen LogP contribution in [0.4, 0.5) is 17.6 Å². The van der Waals surface area contributed by atoms with Crippen molar-refractivity contribution in [2.45, 2.75) is 69.8 Å². The number of aromatic nitrogens is 5. The van der Waals surface area contributed by atoms with Crippen molar-refractivity contribution in [1.29, 1.82) is 0 Å². The van der Waals surface area contributed by atoms with Gasteiger partial charge in [-0.25, -0.2) is 4.39 Å². The largest absolute Gasteiger partial charge is 0.416 e. The summed E-state index contributed by atoms with van der Waals surface area (Å²) in [6.07, 6.45) is -2.04. The van der Waals surface area contributed by atoms with E-state index in [-0.39, 0.29) is 23.8 Å². The Kier molecular flexibility index (Phi) is 11.6. The average Bonchev–Trinajstić information content (AvgIpc) is 3.73. The van der Waals surface area contributed by atoms with Crippen LogP contribution in [-0.2, 0) is 44.4 Å². The lowest BCUT2D eigenvalue weighted by Crippen LogP contribution is -2.26. The minimum absolute atomic E-state index is 0. The predicted molar refractivity (Wildman–Crippen MR) is 185 cm³/mol.